The quantitative estimate of drug-likeness (QED) is 0.423. The highest BCUT2D eigenvalue weighted by Gasteiger charge is 2.08. The van der Waals surface area contributed by atoms with Gasteiger partial charge in [-0.15, -0.1) is 10.2 Å². The lowest BCUT2D eigenvalue weighted by molar-refractivity contribution is -0.114. The lowest BCUT2D eigenvalue weighted by Crippen LogP contribution is -2.13. The van der Waals surface area contributed by atoms with Crippen LogP contribution in [0.2, 0.25) is 0 Å². The van der Waals surface area contributed by atoms with E-state index >= 15 is 0 Å². The van der Waals surface area contributed by atoms with E-state index in [0.29, 0.717) is 0 Å². The van der Waals surface area contributed by atoms with Crippen molar-refractivity contribution < 1.29 is 15.0 Å². The van der Waals surface area contributed by atoms with Gasteiger partial charge in [-0.2, -0.15) is 0 Å². The number of aryl methyl sites for hydroxylation is 1. The summed E-state index contributed by atoms with van der Waals surface area (Å²) >= 11 is 0. The Morgan fingerprint density at radius 1 is 1.41 bits per heavy atom. The van der Waals surface area contributed by atoms with Crippen LogP contribution in [0.15, 0.2) is 39.9 Å². The Kier molecular flexibility index (Phi) is 3.82. The molecule has 1 aromatic rings. The van der Waals surface area contributed by atoms with Crippen LogP contribution in [-0.4, -0.2) is 16.1 Å². The van der Waals surface area contributed by atoms with Crippen LogP contribution in [0.1, 0.15) is 12.5 Å². The summed E-state index contributed by atoms with van der Waals surface area (Å²) in [5.74, 6) is -1.28. The highest BCUT2D eigenvalue weighted by atomic mass is 16.3. The van der Waals surface area contributed by atoms with Gasteiger partial charge in [-0.1, -0.05) is 6.07 Å². The molecule has 6 heteroatoms. The van der Waals surface area contributed by atoms with Crippen LogP contribution in [0.25, 0.3) is 0 Å². The molecule has 1 amide bonds. The molecule has 0 bridgehead atoms. The largest absolute Gasteiger partial charge is 0.510 e. The monoisotopic (exact) mass is 235 g/mol. The average Bonchev–Trinajstić information content (AvgIpc) is 2.22. The minimum atomic E-state index is -0.888. The van der Waals surface area contributed by atoms with Crippen LogP contribution in [0.3, 0.4) is 0 Å². The maximum Gasteiger partial charge on any atom is 0.272 e. The molecule has 0 unspecified atom stereocenters. The van der Waals surface area contributed by atoms with E-state index in [-0.39, 0.29) is 22.9 Å². The van der Waals surface area contributed by atoms with Crippen LogP contribution in [0, 0.1) is 6.92 Å². The number of carbonyl (C=O) groups excluding carboxylic acids is 1. The fourth-order valence-corrected chi connectivity index (χ4v) is 1.12. The summed E-state index contributed by atoms with van der Waals surface area (Å²) in [5.41, 5.74) is 5.73. The number of azo groups is 1. The number of amides is 1. The molecule has 0 aliphatic rings. The van der Waals surface area contributed by atoms with Crippen molar-refractivity contribution in [3.8, 4) is 5.75 Å². The van der Waals surface area contributed by atoms with Crippen molar-refractivity contribution in [3.63, 3.8) is 0 Å². The molecule has 1 rings (SSSR count). The number of benzene rings is 1. The van der Waals surface area contributed by atoms with Gasteiger partial charge in [0.15, 0.2) is 5.70 Å². The number of hydrogen-bond donors (Lipinski definition) is 3. The van der Waals surface area contributed by atoms with E-state index in [0.717, 1.165) is 5.56 Å². The molecule has 0 saturated carbocycles. The predicted octanol–water partition coefficient (Wildman–Crippen LogP) is 2.06. The summed E-state index contributed by atoms with van der Waals surface area (Å²) in [6.45, 7) is 3.09. The Balaban J connectivity index is 3.09. The molecule has 17 heavy (non-hydrogen) atoms. The molecule has 0 saturated heterocycles. The molecule has 4 N–H and O–H groups in total. The Morgan fingerprint density at radius 3 is 2.59 bits per heavy atom. The number of phenols is 1. The Bertz CT molecular complexity index is 503. The van der Waals surface area contributed by atoms with Crippen molar-refractivity contribution in [2.75, 3.05) is 0 Å². The van der Waals surface area contributed by atoms with Gasteiger partial charge in [0, 0.05) is 0 Å². The van der Waals surface area contributed by atoms with Crippen molar-refractivity contribution in [1.82, 2.24) is 0 Å². The number of allylic oxidation sites excluding steroid dienone is 1. The fourth-order valence-electron chi connectivity index (χ4n) is 1.12. The first-order valence-corrected chi connectivity index (χ1v) is 4.83. The third-order valence-electron chi connectivity index (χ3n) is 1.96. The molecule has 0 atom stereocenters. The lowest BCUT2D eigenvalue weighted by atomic mass is 10.2. The fraction of sp³-hybridized carbons (Fsp3) is 0.182. The molecule has 6 nitrogen and oxygen atoms in total. The molecule has 90 valence electrons. The number of rotatable bonds is 3. The summed E-state index contributed by atoms with van der Waals surface area (Å²) < 4.78 is 0. The van der Waals surface area contributed by atoms with Gasteiger partial charge in [-0.25, -0.2) is 0 Å². The summed E-state index contributed by atoms with van der Waals surface area (Å²) in [6, 6.07) is 4.75. The highest BCUT2D eigenvalue weighted by Crippen LogP contribution is 2.27. The van der Waals surface area contributed by atoms with Crippen LogP contribution < -0.4 is 5.73 Å². The molecule has 0 aliphatic carbocycles. The van der Waals surface area contributed by atoms with Crippen molar-refractivity contribution in [2.24, 2.45) is 16.0 Å². The van der Waals surface area contributed by atoms with Gasteiger partial charge in [0.05, 0.1) is 0 Å². The normalized spacial score (nSPS) is 12.6. The van der Waals surface area contributed by atoms with E-state index in [9.17, 15) is 9.90 Å². The number of hydrogen-bond acceptors (Lipinski definition) is 5. The van der Waals surface area contributed by atoms with Gasteiger partial charge >= 0.3 is 0 Å². The number of nitrogens with zero attached hydrogens (tertiary/aromatic N) is 2. The zero-order chi connectivity index (χ0) is 13.0. The zero-order valence-corrected chi connectivity index (χ0v) is 9.51. The molecule has 0 aromatic heterocycles. The molecule has 0 spiro atoms. The maximum atomic E-state index is 10.9. The SMILES string of the molecule is CC(O)=C(N=Nc1cc(C)ccc1O)C(N)=O. The number of aromatic hydroxyl groups is 1. The van der Waals surface area contributed by atoms with Gasteiger partial charge in [0.2, 0.25) is 0 Å². The molecule has 0 heterocycles. The van der Waals surface area contributed by atoms with E-state index in [1.165, 1.54) is 13.0 Å². The summed E-state index contributed by atoms with van der Waals surface area (Å²) in [6.07, 6.45) is 0. The predicted molar refractivity (Wildman–Crippen MR) is 61.9 cm³/mol. The van der Waals surface area contributed by atoms with Gasteiger partial charge in [-0.05, 0) is 31.5 Å². The summed E-state index contributed by atoms with van der Waals surface area (Å²) in [4.78, 5) is 10.9. The van der Waals surface area contributed by atoms with Gasteiger partial charge < -0.3 is 15.9 Å². The Morgan fingerprint density at radius 2 is 2.06 bits per heavy atom. The van der Waals surface area contributed by atoms with Crippen molar-refractivity contribution in [2.45, 2.75) is 13.8 Å². The first-order valence-electron chi connectivity index (χ1n) is 4.83. The minimum absolute atomic E-state index is 0.0706. The van der Waals surface area contributed by atoms with Gasteiger partial charge in [-0.3, -0.25) is 4.79 Å². The third-order valence-corrected chi connectivity index (χ3v) is 1.96. The van der Waals surface area contributed by atoms with Gasteiger partial charge in [0.1, 0.15) is 17.2 Å². The van der Waals surface area contributed by atoms with Crippen molar-refractivity contribution in [3.05, 3.63) is 35.2 Å². The van der Waals surface area contributed by atoms with Crippen molar-refractivity contribution >= 4 is 11.6 Å². The maximum absolute atomic E-state index is 10.9. The smallest absolute Gasteiger partial charge is 0.272 e. The van der Waals surface area contributed by atoms with E-state index in [2.05, 4.69) is 10.2 Å². The number of nitrogens with two attached hydrogens (primary N) is 1. The third kappa shape index (κ3) is 3.30. The van der Waals surface area contributed by atoms with Crippen LogP contribution in [-0.2, 0) is 4.79 Å². The van der Waals surface area contributed by atoms with Crippen LogP contribution >= 0.6 is 0 Å². The molecular weight excluding hydrogens is 222 g/mol. The number of aliphatic hydroxyl groups excluding tert-OH is 1. The number of aliphatic hydroxyl groups is 1. The molecule has 0 fully saturated rings. The number of carbonyl (C=O) groups is 1. The second kappa shape index (κ2) is 5.11. The van der Waals surface area contributed by atoms with Crippen LogP contribution in [0.4, 0.5) is 5.69 Å². The van der Waals surface area contributed by atoms with Crippen molar-refractivity contribution in [1.29, 1.82) is 0 Å². The van der Waals surface area contributed by atoms with E-state index < -0.39 is 5.91 Å². The standard InChI is InChI=1S/C11H13N3O3/c1-6-3-4-9(16)8(5-6)13-14-10(7(2)15)11(12)17/h3-5,15-16H,1-2H3,(H2,12,17). The summed E-state index contributed by atoms with van der Waals surface area (Å²) in [5, 5.41) is 25.8. The summed E-state index contributed by atoms with van der Waals surface area (Å²) in [7, 11) is 0. The number of primary amides is 1. The average molecular weight is 235 g/mol. The second-order valence-electron chi connectivity index (χ2n) is 3.49. The van der Waals surface area contributed by atoms with E-state index in [1.807, 2.05) is 6.92 Å². The first-order chi connectivity index (χ1) is 7.91. The van der Waals surface area contributed by atoms with Gasteiger partial charge in [0.25, 0.3) is 5.91 Å². The second-order valence-corrected chi connectivity index (χ2v) is 3.49. The Labute approximate surface area is 98.1 Å². The highest BCUT2D eigenvalue weighted by molar-refractivity contribution is 5.91. The molecule has 0 radical (unpaired) electrons. The van der Waals surface area contributed by atoms with Crippen LogP contribution in [0.5, 0.6) is 5.75 Å². The van der Waals surface area contributed by atoms with E-state index in [4.69, 9.17) is 10.8 Å². The Hall–Kier alpha value is -2.37. The minimum Gasteiger partial charge on any atom is -0.510 e. The van der Waals surface area contributed by atoms with E-state index in [1.54, 1.807) is 12.1 Å². The molecular formula is C11H13N3O3. The topological polar surface area (TPSA) is 108 Å². The first kappa shape index (κ1) is 12.7. The lowest BCUT2D eigenvalue weighted by Gasteiger charge is -2.00. The zero-order valence-electron chi connectivity index (χ0n) is 9.51. The number of phenolic OH excluding ortho intramolecular Hbond substituents is 1. The molecule has 0 aliphatic heterocycles. The molecule has 1 aromatic carbocycles.